The lowest BCUT2D eigenvalue weighted by molar-refractivity contribution is -0.322. The van der Waals surface area contributed by atoms with E-state index < -0.39 is 18.8 Å². The molecule has 0 unspecified atom stereocenters. The Morgan fingerprint density at radius 1 is 1.31 bits per heavy atom. The Bertz CT molecular complexity index is 356. The molecule has 16 heavy (non-hydrogen) atoms. The second-order valence-corrected chi connectivity index (χ2v) is 3.28. The maximum atomic E-state index is 13.1. The van der Waals surface area contributed by atoms with Gasteiger partial charge >= 0.3 is 6.36 Å². The summed E-state index contributed by atoms with van der Waals surface area (Å²) in [5.74, 6) is -0.625. The first-order chi connectivity index (χ1) is 7.38. The van der Waals surface area contributed by atoms with Gasteiger partial charge in [0.1, 0.15) is 5.82 Å². The molecule has 1 N–H and O–H groups in total. The monoisotopic (exact) mass is 257 g/mol. The van der Waals surface area contributed by atoms with E-state index in [-0.39, 0.29) is 17.3 Å². The fourth-order valence-corrected chi connectivity index (χ4v) is 1.14. The molecule has 0 atom stereocenters. The summed E-state index contributed by atoms with van der Waals surface area (Å²) in [6, 6.07) is 3.83. The molecule has 0 radical (unpaired) electrons. The van der Waals surface area contributed by atoms with E-state index in [4.69, 9.17) is 11.6 Å². The van der Waals surface area contributed by atoms with Crippen molar-refractivity contribution in [3.8, 4) is 0 Å². The zero-order valence-corrected chi connectivity index (χ0v) is 8.70. The predicted octanol–water partition coefficient (Wildman–Crippen LogP) is 3.43. The van der Waals surface area contributed by atoms with Crippen molar-refractivity contribution in [2.24, 2.45) is 0 Å². The van der Waals surface area contributed by atoms with Crippen LogP contribution in [0.15, 0.2) is 18.2 Å². The standard InChI is InChI=1S/C9H8ClF4NO/c10-6-1-2-8(7(11)5-6)15-3-4-16-9(12,13)14/h1-2,5,15H,3-4H2. The van der Waals surface area contributed by atoms with Crippen LogP contribution >= 0.6 is 11.6 Å². The van der Waals surface area contributed by atoms with Crippen molar-refractivity contribution in [2.45, 2.75) is 6.36 Å². The average Bonchev–Trinajstić information content (AvgIpc) is 2.13. The highest BCUT2D eigenvalue weighted by molar-refractivity contribution is 6.30. The second kappa shape index (κ2) is 5.36. The van der Waals surface area contributed by atoms with Crippen molar-refractivity contribution >= 4 is 17.3 Å². The number of halogens is 5. The maximum Gasteiger partial charge on any atom is 0.522 e. The van der Waals surface area contributed by atoms with Gasteiger partial charge in [0.25, 0.3) is 0 Å². The fraction of sp³-hybridized carbons (Fsp3) is 0.333. The number of ether oxygens (including phenoxy) is 1. The molecule has 2 nitrogen and oxygen atoms in total. The Morgan fingerprint density at radius 2 is 2.00 bits per heavy atom. The van der Waals surface area contributed by atoms with Crippen molar-refractivity contribution in [1.29, 1.82) is 0 Å². The molecule has 7 heteroatoms. The van der Waals surface area contributed by atoms with Crippen LogP contribution in [0.5, 0.6) is 0 Å². The summed E-state index contributed by atoms with van der Waals surface area (Å²) >= 11 is 5.50. The van der Waals surface area contributed by atoms with Crippen LogP contribution in [0.25, 0.3) is 0 Å². The largest absolute Gasteiger partial charge is 0.522 e. The average molecular weight is 258 g/mol. The number of anilines is 1. The number of alkyl halides is 3. The van der Waals surface area contributed by atoms with E-state index in [0.717, 1.165) is 6.07 Å². The third-order valence-electron chi connectivity index (χ3n) is 1.61. The molecule has 0 spiro atoms. The normalized spacial score (nSPS) is 11.6. The third kappa shape index (κ3) is 4.67. The molecule has 0 aromatic heterocycles. The first-order valence-corrected chi connectivity index (χ1v) is 4.66. The molecular weight excluding hydrogens is 250 g/mol. The molecule has 1 aromatic rings. The summed E-state index contributed by atoms with van der Waals surface area (Å²) in [4.78, 5) is 0. The van der Waals surface area contributed by atoms with E-state index in [1.807, 2.05) is 0 Å². The van der Waals surface area contributed by atoms with Crippen LogP contribution < -0.4 is 5.32 Å². The molecule has 0 bridgehead atoms. The molecule has 0 heterocycles. The fourth-order valence-electron chi connectivity index (χ4n) is 0.985. The quantitative estimate of drug-likeness (QED) is 0.659. The van der Waals surface area contributed by atoms with Crippen LogP contribution in [0.3, 0.4) is 0 Å². The lowest BCUT2D eigenvalue weighted by Gasteiger charge is -2.09. The van der Waals surface area contributed by atoms with E-state index in [2.05, 4.69) is 10.1 Å². The van der Waals surface area contributed by atoms with Gasteiger partial charge in [-0.15, -0.1) is 13.2 Å². The number of benzene rings is 1. The molecule has 1 aromatic carbocycles. The summed E-state index contributed by atoms with van der Waals surface area (Å²) < 4.78 is 51.3. The third-order valence-corrected chi connectivity index (χ3v) is 1.85. The van der Waals surface area contributed by atoms with Gasteiger partial charge < -0.3 is 5.32 Å². The highest BCUT2D eigenvalue weighted by Crippen LogP contribution is 2.19. The van der Waals surface area contributed by atoms with Gasteiger partial charge in [-0.2, -0.15) is 0 Å². The summed E-state index contributed by atoms with van der Waals surface area (Å²) in [6.07, 6.45) is -4.67. The number of nitrogens with one attached hydrogen (secondary N) is 1. The smallest absolute Gasteiger partial charge is 0.380 e. The van der Waals surface area contributed by atoms with E-state index in [9.17, 15) is 17.6 Å². The molecule has 1 rings (SSSR count). The summed E-state index contributed by atoms with van der Waals surface area (Å²) in [6.45, 7) is -0.746. The summed E-state index contributed by atoms with van der Waals surface area (Å²) in [5.41, 5.74) is 0.0789. The minimum Gasteiger partial charge on any atom is -0.380 e. The van der Waals surface area contributed by atoms with Crippen molar-refractivity contribution in [1.82, 2.24) is 0 Å². The lowest BCUT2D eigenvalue weighted by Crippen LogP contribution is -2.19. The highest BCUT2D eigenvalue weighted by atomic mass is 35.5. The SMILES string of the molecule is Fc1cc(Cl)ccc1NCCOC(F)(F)F. The van der Waals surface area contributed by atoms with Gasteiger partial charge in [-0.05, 0) is 18.2 Å². The maximum absolute atomic E-state index is 13.1. The Labute approximate surface area is 94.2 Å². The molecule has 0 saturated carbocycles. The predicted molar refractivity (Wildman–Crippen MR) is 51.9 cm³/mol. The first-order valence-electron chi connectivity index (χ1n) is 4.28. The van der Waals surface area contributed by atoms with Gasteiger partial charge in [0.05, 0.1) is 12.3 Å². The van der Waals surface area contributed by atoms with Crippen LogP contribution in [-0.2, 0) is 4.74 Å². The van der Waals surface area contributed by atoms with Crippen molar-refractivity contribution in [3.63, 3.8) is 0 Å². The van der Waals surface area contributed by atoms with Crippen molar-refractivity contribution in [3.05, 3.63) is 29.0 Å². The van der Waals surface area contributed by atoms with Gasteiger partial charge in [-0.25, -0.2) is 4.39 Å². The molecule has 0 amide bonds. The molecule has 0 aliphatic rings. The van der Waals surface area contributed by atoms with Gasteiger partial charge in [-0.1, -0.05) is 11.6 Å². The molecule has 0 aliphatic carbocycles. The Morgan fingerprint density at radius 3 is 2.56 bits per heavy atom. The summed E-state index contributed by atoms with van der Waals surface area (Å²) in [7, 11) is 0. The van der Waals surface area contributed by atoms with Crippen molar-refractivity contribution < 1.29 is 22.3 Å². The first kappa shape index (κ1) is 13.1. The number of rotatable bonds is 4. The van der Waals surface area contributed by atoms with Gasteiger partial charge in [0.2, 0.25) is 0 Å². The number of hydrogen-bond acceptors (Lipinski definition) is 2. The van der Waals surface area contributed by atoms with Crippen molar-refractivity contribution in [2.75, 3.05) is 18.5 Å². The molecule has 0 saturated heterocycles. The Balaban J connectivity index is 2.38. The van der Waals surface area contributed by atoms with Gasteiger partial charge in [0.15, 0.2) is 0 Å². The Hall–Kier alpha value is -1.01. The van der Waals surface area contributed by atoms with Gasteiger partial charge in [0, 0.05) is 11.6 Å². The van der Waals surface area contributed by atoms with E-state index in [1.54, 1.807) is 0 Å². The van der Waals surface area contributed by atoms with Crippen LogP contribution in [0.2, 0.25) is 5.02 Å². The van der Waals surface area contributed by atoms with Crippen LogP contribution in [0.1, 0.15) is 0 Å². The summed E-state index contributed by atoms with van der Waals surface area (Å²) in [5, 5.41) is 2.67. The minimum atomic E-state index is -4.67. The van der Waals surface area contributed by atoms with Crippen LogP contribution in [0, 0.1) is 5.82 Å². The second-order valence-electron chi connectivity index (χ2n) is 2.85. The molecule has 90 valence electrons. The van der Waals surface area contributed by atoms with Crippen LogP contribution in [-0.4, -0.2) is 19.5 Å². The minimum absolute atomic E-state index is 0.0789. The zero-order valence-electron chi connectivity index (χ0n) is 7.94. The molecular formula is C9H8ClF4NO. The molecule has 0 fully saturated rings. The van der Waals surface area contributed by atoms with E-state index >= 15 is 0 Å². The molecule has 0 aliphatic heterocycles. The van der Waals surface area contributed by atoms with E-state index in [1.165, 1.54) is 12.1 Å². The van der Waals surface area contributed by atoms with E-state index in [0.29, 0.717) is 0 Å². The van der Waals surface area contributed by atoms with Crippen LogP contribution in [0.4, 0.5) is 23.2 Å². The topological polar surface area (TPSA) is 21.3 Å². The number of hydrogen-bond donors (Lipinski definition) is 1. The highest BCUT2D eigenvalue weighted by Gasteiger charge is 2.28. The zero-order chi connectivity index (χ0) is 12.2. The lowest BCUT2D eigenvalue weighted by atomic mass is 10.3. The van der Waals surface area contributed by atoms with Gasteiger partial charge in [-0.3, -0.25) is 4.74 Å². The Kier molecular flexibility index (Phi) is 4.37.